The molecule has 1 aromatic rings. The van der Waals surface area contributed by atoms with Crippen LogP contribution in [-0.4, -0.2) is 19.2 Å². The van der Waals surface area contributed by atoms with Crippen LogP contribution in [0.1, 0.15) is 24.2 Å². The fourth-order valence-electron chi connectivity index (χ4n) is 1.15. The number of hydrogen-bond donors (Lipinski definition) is 0. The summed E-state index contributed by atoms with van der Waals surface area (Å²) in [5, 5.41) is 0. The van der Waals surface area contributed by atoms with Gasteiger partial charge in [0.05, 0.1) is 13.2 Å². The van der Waals surface area contributed by atoms with Crippen LogP contribution in [0.15, 0.2) is 22.7 Å². The summed E-state index contributed by atoms with van der Waals surface area (Å²) in [4.78, 5) is 11.6. The van der Waals surface area contributed by atoms with Crippen LogP contribution in [0.4, 0.5) is 0 Å². The van der Waals surface area contributed by atoms with Crippen molar-refractivity contribution in [2.45, 2.75) is 13.8 Å². The van der Waals surface area contributed by atoms with Gasteiger partial charge in [0.1, 0.15) is 11.3 Å². The van der Waals surface area contributed by atoms with Gasteiger partial charge in [-0.3, -0.25) is 0 Å². The van der Waals surface area contributed by atoms with Crippen molar-refractivity contribution < 1.29 is 14.3 Å². The van der Waals surface area contributed by atoms with E-state index in [0.29, 0.717) is 24.5 Å². The second kappa shape index (κ2) is 5.75. The van der Waals surface area contributed by atoms with Gasteiger partial charge in [-0.05, 0) is 32.0 Å². The van der Waals surface area contributed by atoms with Crippen LogP contribution in [0.25, 0.3) is 0 Å². The molecule has 0 aromatic heterocycles. The number of esters is 1. The van der Waals surface area contributed by atoms with Gasteiger partial charge in [-0.25, -0.2) is 4.79 Å². The topological polar surface area (TPSA) is 35.5 Å². The van der Waals surface area contributed by atoms with E-state index in [0.717, 1.165) is 4.47 Å². The van der Waals surface area contributed by atoms with Crippen LogP contribution in [0, 0.1) is 0 Å². The highest BCUT2D eigenvalue weighted by molar-refractivity contribution is 9.10. The van der Waals surface area contributed by atoms with Crippen LogP contribution in [0.2, 0.25) is 0 Å². The Morgan fingerprint density at radius 3 is 2.67 bits per heavy atom. The van der Waals surface area contributed by atoms with Crippen molar-refractivity contribution in [1.82, 2.24) is 0 Å². The Hall–Kier alpha value is -1.03. The summed E-state index contributed by atoms with van der Waals surface area (Å²) in [6, 6.07) is 5.27. The molecular weight excluding hydrogens is 260 g/mol. The van der Waals surface area contributed by atoms with Crippen molar-refractivity contribution in [3.05, 3.63) is 28.2 Å². The van der Waals surface area contributed by atoms with E-state index < -0.39 is 0 Å². The van der Waals surface area contributed by atoms with Crippen molar-refractivity contribution in [2.75, 3.05) is 13.2 Å². The Kier molecular flexibility index (Phi) is 4.62. The van der Waals surface area contributed by atoms with Crippen molar-refractivity contribution in [3.63, 3.8) is 0 Å². The van der Waals surface area contributed by atoms with Gasteiger partial charge in [-0.15, -0.1) is 0 Å². The lowest BCUT2D eigenvalue weighted by Gasteiger charge is -2.09. The van der Waals surface area contributed by atoms with E-state index >= 15 is 0 Å². The zero-order valence-corrected chi connectivity index (χ0v) is 10.3. The third kappa shape index (κ3) is 3.23. The first kappa shape index (κ1) is 12.0. The van der Waals surface area contributed by atoms with Gasteiger partial charge >= 0.3 is 5.97 Å². The van der Waals surface area contributed by atoms with Crippen LogP contribution in [-0.2, 0) is 4.74 Å². The van der Waals surface area contributed by atoms with Crippen molar-refractivity contribution in [1.29, 1.82) is 0 Å². The first-order valence-electron chi connectivity index (χ1n) is 4.78. The Morgan fingerprint density at radius 1 is 1.33 bits per heavy atom. The zero-order valence-electron chi connectivity index (χ0n) is 8.75. The number of rotatable bonds is 4. The summed E-state index contributed by atoms with van der Waals surface area (Å²) in [5.74, 6) is 0.196. The quantitative estimate of drug-likeness (QED) is 0.791. The predicted octanol–water partition coefficient (Wildman–Crippen LogP) is 3.02. The minimum atomic E-state index is -0.359. The molecule has 0 saturated heterocycles. The molecule has 0 aliphatic heterocycles. The highest BCUT2D eigenvalue weighted by Gasteiger charge is 2.13. The van der Waals surface area contributed by atoms with Gasteiger partial charge in [-0.2, -0.15) is 0 Å². The minimum absolute atomic E-state index is 0.358. The number of hydrogen-bond acceptors (Lipinski definition) is 3. The number of ether oxygens (including phenoxy) is 2. The molecule has 1 rings (SSSR count). The summed E-state index contributed by atoms with van der Waals surface area (Å²) >= 11 is 3.30. The Balaban J connectivity index is 3.00. The summed E-state index contributed by atoms with van der Waals surface area (Å²) in [7, 11) is 0. The summed E-state index contributed by atoms with van der Waals surface area (Å²) < 4.78 is 11.1. The molecule has 0 atom stereocenters. The molecule has 0 fully saturated rings. The van der Waals surface area contributed by atoms with E-state index in [-0.39, 0.29) is 5.97 Å². The van der Waals surface area contributed by atoms with Gasteiger partial charge in [-0.1, -0.05) is 15.9 Å². The van der Waals surface area contributed by atoms with Crippen molar-refractivity contribution in [3.8, 4) is 5.75 Å². The molecular formula is C11H13BrO3. The Bertz CT molecular complexity index is 350. The first-order chi connectivity index (χ1) is 7.19. The number of benzene rings is 1. The molecule has 0 spiro atoms. The number of carbonyl (C=O) groups is 1. The van der Waals surface area contributed by atoms with Crippen LogP contribution < -0.4 is 4.74 Å². The SMILES string of the molecule is CCOC(=O)c1cc(Br)ccc1OCC. The molecule has 1 aromatic carbocycles. The molecule has 15 heavy (non-hydrogen) atoms. The van der Waals surface area contributed by atoms with Gasteiger partial charge in [0.2, 0.25) is 0 Å². The fraction of sp³-hybridized carbons (Fsp3) is 0.364. The van der Waals surface area contributed by atoms with Gasteiger partial charge in [0.25, 0.3) is 0 Å². The molecule has 0 bridgehead atoms. The van der Waals surface area contributed by atoms with Crippen LogP contribution in [0.3, 0.4) is 0 Å². The third-order valence-corrected chi connectivity index (χ3v) is 2.23. The first-order valence-corrected chi connectivity index (χ1v) is 5.57. The van der Waals surface area contributed by atoms with Crippen LogP contribution >= 0.6 is 15.9 Å². The molecule has 0 amide bonds. The molecule has 0 radical (unpaired) electrons. The largest absolute Gasteiger partial charge is 0.493 e. The maximum absolute atomic E-state index is 11.6. The second-order valence-electron chi connectivity index (χ2n) is 2.79. The average molecular weight is 273 g/mol. The maximum Gasteiger partial charge on any atom is 0.341 e. The predicted molar refractivity (Wildman–Crippen MR) is 61.3 cm³/mol. The molecule has 0 heterocycles. The average Bonchev–Trinajstić information content (AvgIpc) is 2.21. The van der Waals surface area contributed by atoms with Crippen molar-refractivity contribution >= 4 is 21.9 Å². The molecule has 4 heteroatoms. The zero-order chi connectivity index (χ0) is 11.3. The fourth-order valence-corrected chi connectivity index (χ4v) is 1.51. The minimum Gasteiger partial charge on any atom is -0.493 e. The van der Waals surface area contributed by atoms with Crippen molar-refractivity contribution in [2.24, 2.45) is 0 Å². The van der Waals surface area contributed by atoms with E-state index in [2.05, 4.69) is 15.9 Å². The molecule has 0 unspecified atom stereocenters. The van der Waals surface area contributed by atoms with Gasteiger partial charge in [0, 0.05) is 4.47 Å². The van der Waals surface area contributed by atoms with E-state index in [1.165, 1.54) is 0 Å². The lowest BCUT2D eigenvalue weighted by molar-refractivity contribution is 0.0522. The normalized spacial score (nSPS) is 9.80. The van der Waals surface area contributed by atoms with Gasteiger partial charge < -0.3 is 9.47 Å². The molecule has 0 N–H and O–H groups in total. The van der Waals surface area contributed by atoms with E-state index in [1.54, 1.807) is 19.1 Å². The summed E-state index contributed by atoms with van der Waals surface area (Å²) in [6.07, 6.45) is 0. The smallest absolute Gasteiger partial charge is 0.341 e. The number of halogens is 1. The molecule has 0 saturated carbocycles. The summed E-state index contributed by atoms with van der Waals surface area (Å²) in [6.45, 7) is 4.53. The lowest BCUT2D eigenvalue weighted by Crippen LogP contribution is -2.07. The van der Waals surface area contributed by atoms with E-state index in [9.17, 15) is 4.79 Å². The standard InChI is InChI=1S/C11H13BrO3/c1-3-14-10-6-5-8(12)7-9(10)11(13)15-4-2/h5-7H,3-4H2,1-2H3. The third-order valence-electron chi connectivity index (χ3n) is 1.74. The monoisotopic (exact) mass is 272 g/mol. The lowest BCUT2D eigenvalue weighted by atomic mass is 10.2. The summed E-state index contributed by atoms with van der Waals surface area (Å²) in [5.41, 5.74) is 0.452. The number of carbonyl (C=O) groups excluding carboxylic acids is 1. The highest BCUT2D eigenvalue weighted by Crippen LogP contribution is 2.24. The maximum atomic E-state index is 11.6. The molecule has 0 aliphatic rings. The van der Waals surface area contributed by atoms with E-state index in [1.807, 2.05) is 13.0 Å². The molecule has 82 valence electrons. The Labute approximate surface area is 97.5 Å². The highest BCUT2D eigenvalue weighted by atomic mass is 79.9. The molecule has 3 nitrogen and oxygen atoms in total. The van der Waals surface area contributed by atoms with E-state index in [4.69, 9.17) is 9.47 Å². The van der Waals surface area contributed by atoms with Crippen LogP contribution in [0.5, 0.6) is 5.75 Å². The second-order valence-corrected chi connectivity index (χ2v) is 3.71. The van der Waals surface area contributed by atoms with Gasteiger partial charge in [0.15, 0.2) is 0 Å². The Morgan fingerprint density at radius 2 is 2.07 bits per heavy atom. The molecule has 0 aliphatic carbocycles.